The van der Waals surface area contributed by atoms with Crippen LogP contribution in [0.3, 0.4) is 0 Å². The van der Waals surface area contributed by atoms with E-state index in [0.29, 0.717) is 0 Å². The van der Waals surface area contributed by atoms with Gasteiger partial charge in [0.1, 0.15) is 5.82 Å². The van der Waals surface area contributed by atoms with Gasteiger partial charge >= 0.3 is 0 Å². The van der Waals surface area contributed by atoms with Crippen LogP contribution < -0.4 is 0 Å². The van der Waals surface area contributed by atoms with Crippen molar-refractivity contribution in [1.29, 1.82) is 0 Å². The number of aromatic nitrogens is 3. The number of aryl methyl sites for hydroxylation is 2. The first-order chi connectivity index (χ1) is 11.4. The Morgan fingerprint density at radius 2 is 1.75 bits per heavy atom. The smallest absolute Gasteiger partial charge is 0.166 e. The summed E-state index contributed by atoms with van der Waals surface area (Å²) in [6, 6.07) is 11.8. The molecule has 2 heterocycles. The summed E-state index contributed by atoms with van der Waals surface area (Å²) < 4.78 is 1.98. The number of hydrogen-bond donors (Lipinski definition) is 1. The van der Waals surface area contributed by atoms with Crippen molar-refractivity contribution >= 4 is 17.2 Å². The maximum absolute atomic E-state index is 10.3. The fraction of sp³-hybridized carbons (Fsp3) is 0.368. The van der Waals surface area contributed by atoms with E-state index in [2.05, 4.69) is 22.3 Å². The highest BCUT2D eigenvalue weighted by Gasteiger charge is 2.21. The van der Waals surface area contributed by atoms with Gasteiger partial charge in [0.2, 0.25) is 0 Å². The first kappa shape index (κ1) is 16.9. The van der Waals surface area contributed by atoms with Crippen LogP contribution in [0, 0.1) is 0 Å². The van der Waals surface area contributed by atoms with Crippen LogP contribution in [-0.4, -0.2) is 19.7 Å². The molecule has 3 aromatic rings. The molecule has 1 aromatic carbocycles. The van der Waals surface area contributed by atoms with Crippen LogP contribution in [0.15, 0.2) is 42.6 Å². The van der Waals surface area contributed by atoms with Gasteiger partial charge in [-0.05, 0) is 56.9 Å². The lowest BCUT2D eigenvalue weighted by molar-refractivity contribution is 0.0796. The molecule has 4 nitrogen and oxygen atoms in total. The van der Waals surface area contributed by atoms with E-state index >= 15 is 0 Å². The number of pyridine rings is 1. The summed E-state index contributed by atoms with van der Waals surface area (Å²) in [5, 5.41) is 19.6. The van der Waals surface area contributed by atoms with Crippen LogP contribution in [0.25, 0.3) is 5.65 Å². The second-order valence-electron chi connectivity index (χ2n) is 6.62. The summed E-state index contributed by atoms with van der Waals surface area (Å²) in [5.41, 5.74) is 1.90. The molecule has 0 fully saturated rings. The Hall–Kier alpha value is -1.91. The predicted molar refractivity (Wildman–Crippen MR) is 96.3 cm³/mol. The molecule has 0 spiro atoms. The van der Waals surface area contributed by atoms with Crippen molar-refractivity contribution in [3.8, 4) is 0 Å². The molecule has 0 atom stereocenters. The van der Waals surface area contributed by atoms with Crippen molar-refractivity contribution in [1.82, 2.24) is 14.6 Å². The summed E-state index contributed by atoms with van der Waals surface area (Å²) in [4.78, 5) is 0. The molecule has 3 rings (SSSR count). The fourth-order valence-electron chi connectivity index (χ4n) is 2.88. The Kier molecular flexibility index (Phi) is 4.88. The van der Waals surface area contributed by atoms with Crippen LogP contribution in [-0.2, 0) is 18.4 Å². The maximum atomic E-state index is 10.3. The fourth-order valence-corrected chi connectivity index (χ4v) is 3.00. The molecule has 0 saturated carbocycles. The molecule has 24 heavy (non-hydrogen) atoms. The highest BCUT2D eigenvalue weighted by Crippen LogP contribution is 2.24. The molecule has 0 saturated heterocycles. The van der Waals surface area contributed by atoms with Crippen molar-refractivity contribution in [3.05, 3.63) is 64.6 Å². The van der Waals surface area contributed by atoms with E-state index in [1.165, 1.54) is 5.56 Å². The molecule has 0 bridgehead atoms. The van der Waals surface area contributed by atoms with Gasteiger partial charge in [-0.2, -0.15) is 0 Å². The monoisotopic (exact) mass is 343 g/mol. The molecule has 0 aliphatic heterocycles. The summed E-state index contributed by atoms with van der Waals surface area (Å²) in [5.74, 6) is 0.937. The molecule has 5 heteroatoms. The predicted octanol–water partition coefficient (Wildman–Crippen LogP) is 4.18. The Morgan fingerprint density at radius 3 is 2.46 bits per heavy atom. The highest BCUT2D eigenvalue weighted by atomic mass is 35.5. The average Bonchev–Trinajstić information content (AvgIpc) is 2.95. The average molecular weight is 344 g/mol. The largest absolute Gasteiger partial charge is 0.386 e. The van der Waals surface area contributed by atoms with Crippen LogP contribution in [0.1, 0.15) is 43.6 Å². The third-order valence-electron chi connectivity index (χ3n) is 4.19. The lowest BCUT2D eigenvalue weighted by Gasteiger charge is -2.17. The zero-order valence-corrected chi connectivity index (χ0v) is 14.8. The Morgan fingerprint density at radius 1 is 1.04 bits per heavy atom. The van der Waals surface area contributed by atoms with Crippen LogP contribution >= 0.6 is 11.6 Å². The third kappa shape index (κ3) is 3.77. The molecule has 126 valence electrons. The molecule has 2 aromatic heterocycles. The number of halogens is 1. The molecular formula is C19H22ClN3O. The van der Waals surface area contributed by atoms with E-state index in [4.69, 9.17) is 11.6 Å². The minimum Gasteiger partial charge on any atom is -0.386 e. The number of nitrogens with zero attached hydrogens (tertiary/aromatic N) is 3. The standard InChI is InChI=1S/C19H22ClN3O/c1-19(2,24)16-7-5-13-23-17(21-22-18(16)23)8-4-3-6-14-9-11-15(20)12-10-14/h5,7,9-13,24H,3-4,6,8H2,1-2H3. The van der Waals surface area contributed by atoms with Crippen LogP contribution in [0.5, 0.6) is 0 Å². The molecule has 0 radical (unpaired) electrons. The third-order valence-corrected chi connectivity index (χ3v) is 4.45. The van der Waals surface area contributed by atoms with Gasteiger partial charge in [-0.3, -0.25) is 4.40 Å². The lowest BCUT2D eigenvalue weighted by atomic mass is 10.00. The van der Waals surface area contributed by atoms with Crippen molar-refractivity contribution in [2.75, 3.05) is 0 Å². The summed E-state index contributed by atoms with van der Waals surface area (Å²) in [6.45, 7) is 3.53. The maximum Gasteiger partial charge on any atom is 0.166 e. The first-order valence-corrected chi connectivity index (χ1v) is 8.63. The number of hydrogen-bond acceptors (Lipinski definition) is 3. The van der Waals surface area contributed by atoms with Gasteiger partial charge in [0.05, 0.1) is 5.60 Å². The highest BCUT2D eigenvalue weighted by molar-refractivity contribution is 6.30. The SMILES string of the molecule is CC(C)(O)c1cccn2c(CCCCc3ccc(Cl)cc3)nnc12. The van der Waals surface area contributed by atoms with Crippen LogP contribution in [0.4, 0.5) is 0 Å². The first-order valence-electron chi connectivity index (χ1n) is 8.25. The number of rotatable bonds is 6. The van der Waals surface area contributed by atoms with Crippen molar-refractivity contribution < 1.29 is 5.11 Å². The summed E-state index contributed by atoms with van der Waals surface area (Å²) in [7, 11) is 0. The normalized spacial score (nSPS) is 12.0. The van der Waals surface area contributed by atoms with Gasteiger partial charge in [0.15, 0.2) is 5.65 Å². The minimum atomic E-state index is -0.929. The zero-order valence-electron chi connectivity index (χ0n) is 14.0. The van der Waals surface area contributed by atoms with E-state index in [1.807, 2.05) is 34.9 Å². The zero-order chi connectivity index (χ0) is 17.2. The number of unbranched alkanes of at least 4 members (excludes halogenated alkanes) is 1. The molecule has 0 amide bonds. The number of fused-ring (bicyclic) bond motifs is 1. The van der Waals surface area contributed by atoms with Gasteiger partial charge < -0.3 is 5.11 Å². The summed E-state index contributed by atoms with van der Waals surface area (Å²) in [6.07, 6.45) is 5.98. The number of aliphatic hydroxyl groups is 1. The Balaban J connectivity index is 1.65. The van der Waals surface area contributed by atoms with E-state index in [-0.39, 0.29) is 0 Å². The van der Waals surface area contributed by atoms with Gasteiger partial charge in [-0.15, -0.1) is 10.2 Å². The van der Waals surface area contributed by atoms with E-state index in [0.717, 1.165) is 47.7 Å². The van der Waals surface area contributed by atoms with E-state index in [9.17, 15) is 5.11 Å². The minimum absolute atomic E-state index is 0.734. The molecule has 0 unspecified atom stereocenters. The van der Waals surface area contributed by atoms with Gasteiger partial charge in [0.25, 0.3) is 0 Å². The van der Waals surface area contributed by atoms with Gasteiger partial charge in [0, 0.05) is 23.2 Å². The van der Waals surface area contributed by atoms with E-state index < -0.39 is 5.60 Å². The topological polar surface area (TPSA) is 50.4 Å². The lowest BCUT2D eigenvalue weighted by Crippen LogP contribution is -2.17. The van der Waals surface area contributed by atoms with Gasteiger partial charge in [-0.1, -0.05) is 29.8 Å². The van der Waals surface area contributed by atoms with Crippen molar-refractivity contribution in [2.45, 2.75) is 45.1 Å². The quantitative estimate of drug-likeness (QED) is 0.683. The second-order valence-corrected chi connectivity index (χ2v) is 7.06. The second kappa shape index (κ2) is 6.91. The van der Waals surface area contributed by atoms with E-state index in [1.54, 1.807) is 13.8 Å². The molecule has 1 N–H and O–H groups in total. The summed E-state index contributed by atoms with van der Waals surface area (Å²) >= 11 is 5.90. The van der Waals surface area contributed by atoms with Crippen LogP contribution in [0.2, 0.25) is 5.02 Å². The Labute approximate surface area is 147 Å². The Bertz CT molecular complexity index is 819. The van der Waals surface area contributed by atoms with Crippen molar-refractivity contribution in [3.63, 3.8) is 0 Å². The molecule has 0 aliphatic rings. The number of benzene rings is 1. The van der Waals surface area contributed by atoms with Gasteiger partial charge in [-0.25, -0.2) is 0 Å². The van der Waals surface area contributed by atoms with Crippen molar-refractivity contribution in [2.24, 2.45) is 0 Å². The molecular weight excluding hydrogens is 322 g/mol. The molecule has 0 aliphatic carbocycles.